The first-order chi connectivity index (χ1) is 9.06. The topological polar surface area (TPSA) is 51.0 Å². The number of hydrogen-bond acceptors (Lipinski definition) is 5. The molecule has 0 aromatic rings. The number of ether oxygens (including phenoxy) is 2. The molecule has 5 nitrogen and oxygen atoms in total. The van der Waals surface area contributed by atoms with E-state index < -0.39 is 0 Å². The fraction of sp³-hybridized carbons (Fsp3) is 1.00. The van der Waals surface area contributed by atoms with Gasteiger partial charge in [-0.2, -0.15) is 0 Å². The lowest BCUT2D eigenvalue weighted by Crippen LogP contribution is -2.54. The van der Waals surface area contributed by atoms with Crippen LogP contribution in [0.1, 0.15) is 20.8 Å². The Morgan fingerprint density at radius 3 is 2.53 bits per heavy atom. The van der Waals surface area contributed by atoms with Gasteiger partial charge in [0.15, 0.2) is 0 Å². The van der Waals surface area contributed by atoms with Crippen molar-refractivity contribution in [2.75, 3.05) is 45.9 Å². The average Bonchev–Trinajstić information content (AvgIpc) is 2.39. The number of nitrogens with zero attached hydrogens (tertiary/aromatic N) is 2. The summed E-state index contributed by atoms with van der Waals surface area (Å²) in [5, 5.41) is 0. The van der Waals surface area contributed by atoms with E-state index in [1.165, 1.54) is 0 Å². The van der Waals surface area contributed by atoms with Crippen molar-refractivity contribution in [2.24, 2.45) is 5.73 Å². The highest BCUT2D eigenvalue weighted by atomic mass is 16.5. The number of morpholine rings is 2. The van der Waals surface area contributed by atoms with Gasteiger partial charge in [0.05, 0.1) is 25.4 Å². The second-order valence-electron chi connectivity index (χ2n) is 6.11. The molecule has 3 atom stereocenters. The standard InChI is InChI=1S/C14H29N3O2/c1-11(2)17-5-7-18-13(9-17)8-16-4-6-19-14(10-16)12(3)15/h11-14H,4-10,15H2,1-3H3. The van der Waals surface area contributed by atoms with Crippen LogP contribution in [0, 0.1) is 0 Å². The van der Waals surface area contributed by atoms with E-state index in [1.54, 1.807) is 0 Å². The maximum absolute atomic E-state index is 5.93. The van der Waals surface area contributed by atoms with E-state index in [0.29, 0.717) is 12.1 Å². The lowest BCUT2D eigenvalue weighted by molar-refractivity contribution is -0.0821. The van der Waals surface area contributed by atoms with Crippen LogP contribution >= 0.6 is 0 Å². The molecule has 3 unspecified atom stereocenters. The molecule has 112 valence electrons. The van der Waals surface area contributed by atoms with Crippen molar-refractivity contribution >= 4 is 0 Å². The molecule has 2 heterocycles. The Morgan fingerprint density at radius 1 is 1.11 bits per heavy atom. The molecule has 2 aliphatic rings. The van der Waals surface area contributed by atoms with Crippen LogP contribution in [0.4, 0.5) is 0 Å². The summed E-state index contributed by atoms with van der Waals surface area (Å²) in [7, 11) is 0. The minimum atomic E-state index is 0.0993. The molecule has 2 N–H and O–H groups in total. The Hall–Kier alpha value is -0.200. The minimum Gasteiger partial charge on any atom is -0.374 e. The van der Waals surface area contributed by atoms with E-state index in [9.17, 15) is 0 Å². The van der Waals surface area contributed by atoms with Crippen LogP contribution in [0.15, 0.2) is 0 Å². The van der Waals surface area contributed by atoms with Crippen molar-refractivity contribution in [3.05, 3.63) is 0 Å². The Morgan fingerprint density at radius 2 is 1.84 bits per heavy atom. The van der Waals surface area contributed by atoms with Gasteiger partial charge in [-0.1, -0.05) is 0 Å². The Labute approximate surface area is 117 Å². The third-order valence-electron chi connectivity index (χ3n) is 4.13. The first-order valence-electron chi connectivity index (χ1n) is 7.51. The molecule has 2 aliphatic heterocycles. The van der Waals surface area contributed by atoms with E-state index in [-0.39, 0.29) is 12.1 Å². The first kappa shape index (κ1) is 15.2. The zero-order valence-electron chi connectivity index (χ0n) is 12.5. The lowest BCUT2D eigenvalue weighted by atomic mass is 10.1. The Bertz CT molecular complexity index is 247. The molecule has 0 saturated carbocycles. The van der Waals surface area contributed by atoms with Crippen molar-refractivity contribution in [3.8, 4) is 0 Å². The number of hydrogen-bond donors (Lipinski definition) is 1. The number of nitrogens with two attached hydrogens (primary N) is 1. The maximum atomic E-state index is 5.93. The van der Waals surface area contributed by atoms with Crippen molar-refractivity contribution in [3.63, 3.8) is 0 Å². The average molecular weight is 271 g/mol. The van der Waals surface area contributed by atoms with Crippen LogP contribution in [0.3, 0.4) is 0 Å². The van der Waals surface area contributed by atoms with Gasteiger partial charge in [0.2, 0.25) is 0 Å². The first-order valence-corrected chi connectivity index (χ1v) is 7.51. The molecular weight excluding hydrogens is 242 g/mol. The summed E-state index contributed by atoms with van der Waals surface area (Å²) in [4.78, 5) is 4.93. The van der Waals surface area contributed by atoms with E-state index in [0.717, 1.165) is 45.9 Å². The summed E-state index contributed by atoms with van der Waals surface area (Å²) in [6.07, 6.45) is 0.488. The van der Waals surface area contributed by atoms with Crippen LogP contribution in [0.2, 0.25) is 0 Å². The fourth-order valence-corrected chi connectivity index (χ4v) is 2.83. The van der Waals surface area contributed by atoms with E-state index >= 15 is 0 Å². The van der Waals surface area contributed by atoms with Crippen molar-refractivity contribution < 1.29 is 9.47 Å². The van der Waals surface area contributed by atoms with Gasteiger partial charge < -0.3 is 15.2 Å². The van der Waals surface area contributed by atoms with Crippen LogP contribution < -0.4 is 5.73 Å². The summed E-state index contributed by atoms with van der Waals surface area (Å²) in [5.41, 5.74) is 5.93. The smallest absolute Gasteiger partial charge is 0.0850 e. The van der Waals surface area contributed by atoms with Crippen LogP contribution in [0.5, 0.6) is 0 Å². The molecule has 0 amide bonds. The van der Waals surface area contributed by atoms with E-state index in [4.69, 9.17) is 15.2 Å². The summed E-state index contributed by atoms with van der Waals surface area (Å²) >= 11 is 0. The highest BCUT2D eigenvalue weighted by Gasteiger charge is 2.28. The van der Waals surface area contributed by atoms with Gasteiger partial charge in [0, 0.05) is 44.8 Å². The van der Waals surface area contributed by atoms with Gasteiger partial charge in [-0.15, -0.1) is 0 Å². The maximum Gasteiger partial charge on any atom is 0.0850 e. The van der Waals surface area contributed by atoms with Gasteiger partial charge >= 0.3 is 0 Å². The molecule has 0 spiro atoms. The second kappa shape index (κ2) is 6.99. The molecule has 2 rings (SSSR count). The van der Waals surface area contributed by atoms with Crippen molar-refractivity contribution in [2.45, 2.75) is 45.1 Å². The molecule has 5 heteroatoms. The van der Waals surface area contributed by atoms with Crippen LogP contribution in [-0.4, -0.2) is 80.0 Å². The highest BCUT2D eigenvalue weighted by Crippen LogP contribution is 2.13. The largest absolute Gasteiger partial charge is 0.374 e. The van der Waals surface area contributed by atoms with Crippen LogP contribution in [0.25, 0.3) is 0 Å². The highest BCUT2D eigenvalue weighted by molar-refractivity contribution is 4.82. The fourth-order valence-electron chi connectivity index (χ4n) is 2.83. The Balaban J connectivity index is 1.80. The molecule has 0 aromatic heterocycles. The third kappa shape index (κ3) is 4.39. The molecule has 0 aliphatic carbocycles. The molecule has 19 heavy (non-hydrogen) atoms. The summed E-state index contributed by atoms with van der Waals surface area (Å²) in [5.74, 6) is 0. The normalized spacial score (nSPS) is 32.7. The van der Waals surface area contributed by atoms with Crippen LogP contribution in [-0.2, 0) is 9.47 Å². The van der Waals surface area contributed by atoms with Gasteiger partial charge in [-0.05, 0) is 20.8 Å². The monoisotopic (exact) mass is 271 g/mol. The predicted octanol–water partition coefficient (Wildman–Crippen LogP) is 0.144. The minimum absolute atomic E-state index is 0.0993. The van der Waals surface area contributed by atoms with Crippen molar-refractivity contribution in [1.29, 1.82) is 0 Å². The zero-order valence-corrected chi connectivity index (χ0v) is 12.5. The molecule has 0 bridgehead atoms. The quantitative estimate of drug-likeness (QED) is 0.788. The zero-order chi connectivity index (χ0) is 13.8. The van der Waals surface area contributed by atoms with Gasteiger partial charge in [0.25, 0.3) is 0 Å². The van der Waals surface area contributed by atoms with E-state index in [2.05, 4.69) is 23.6 Å². The number of rotatable bonds is 4. The summed E-state index contributed by atoms with van der Waals surface area (Å²) in [6.45, 7) is 13.2. The summed E-state index contributed by atoms with van der Waals surface area (Å²) in [6, 6.07) is 0.704. The molecule has 0 radical (unpaired) electrons. The molecule has 2 fully saturated rings. The SMILES string of the molecule is CC(N)C1CN(CC2CN(C(C)C)CCO2)CCO1. The molecular formula is C14H29N3O2. The third-order valence-corrected chi connectivity index (χ3v) is 4.13. The van der Waals surface area contributed by atoms with E-state index in [1.807, 2.05) is 6.92 Å². The second-order valence-corrected chi connectivity index (χ2v) is 6.11. The summed E-state index contributed by atoms with van der Waals surface area (Å²) < 4.78 is 11.6. The predicted molar refractivity (Wildman–Crippen MR) is 76.3 cm³/mol. The molecule has 2 saturated heterocycles. The Kier molecular flexibility index (Phi) is 5.59. The van der Waals surface area contributed by atoms with Gasteiger partial charge in [-0.25, -0.2) is 0 Å². The van der Waals surface area contributed by atoms with Gasteiger partial charge in [0.1, 0.15) is 0 Å². The lowest BCUT2D eigenvalue weighted by Gasteiger charge is -2.40. The van der Waals surface area contributed by atoms with Gasteiger partial charge in [-0.3, -0.25) is 9.80 Å². The molecule has 0 aromatic carbocycles. The van der Waals surface area contributed by atoms with Crippen molar-refractivity contribution in [1.82, 2.24) is 9.80 Å².